The molecule has 0 heterocycles. The summed E-state index contributed by atoms with van der Waals surface area (Å²) in [6.45, 7) is 2.38. The highest BCUT2D eigenvalue weighted by Gasteiger charge is 2.47. The zero-order chi connectivity index (χ0) is 9.28. The first-order valence-electron chi connectivity index (χ1n) is 2.12. The summed E-state index contributed by atoms with van der Waals surface area (Å²) < 4.78 is 54.5. The van der Waals surface area contributed by atoms with Crippen LogP contribution in [-0.2, 0) is 14.6 Å². The molecule has 1 radical (unpaired) electrons. The zero-order valence-corrected chi connectivity index (χ0v) is 5.79. The molecule has 7 heteroatoms. The van der Waals surface area contributed by atoms with Gasteiger partial charge in [0.25, 0.3) is 9.84 Å². The summed E-state index contributed by atoms with van der Waals surface area (Å²) in [7, 11) is -5.54. The molecule has 0 unspecified atom stereocenters. The minimum Gasteiger partial charge on any atom is -0.284 e. The highest BCUT2D eigenvalue weighted by molar-refractivity contribution is 7.96. The summed E-state index contributed by atoms with van der Waals surface area (Å²) in [6.07, 6.45) is 0.559. The van der Waals surface area contributed by atoms with E-state index in [1.165, 1.54) is 0 Å². The van der Waals surface area contributed by atoms with Gasteiger partial charge < -0.3 is 0 Å². The van der Waals surface area contributed by atoms with Gasteiger partial charge in [0.15, 0.2) is 0 Å². The lowest BCUT2D eigenvalue weighted by atomic mass is 10.7. The molecule has 0 aromatic rings. The maximum Gasteiger partial charge on any atom is 0.502 e. The number of halogens is 3. The molecule has 0 saturated heterocycles. The van der Waals surface area contributed by atoms with Gasteiger partial charge >= 0.3 is 5.51 Å². The van der Waals surface area contributed by atoms with Gasteiger partial charge in [-0.15, -0.1) is 0 Å². The monoisotopic (exact) mass is 187 g/mol. The van der Waals surface area contributed by atoms with Crippen LogP contribution in [0.4, 0.5) is 13.2 Å². The SMILES string of the molecule is C=C([C]=O)S(=O)(=O)C(F)(F)F. The maximum absolute atomic E-state index is 11.4. The first-order valence-corrected chi connectivity index (χ1v) is 3.60. The van der Waals surface area contributed by atoms with Crippen molar-refractivity contribution in [1.82, 2.24) is 0 Å². The second kappa shape index (κ2) is 2.65. The van der Waals surface area contributed by atoms with E-state index in [9.17, 15) is 26.4 Å². The Morgan fingerprint density at radius 1 is 1.36 bits per heavy atom. The van der Waals surface area contributed by atoms with Gasteiger partial charge in [0.1, 0.15) is 4.91 Å². The third-order valence-electron chi connectivity index (χ3n) is 0.743. The van der Waals surface area contributed by atoms with Crippen LogP contribution >= 0.6 is 0 Å². The Morgan fingerprint density at radius 2 is 1.73 bits per heavy atom. The van der Waals surface area contributed by atoms with E-state index < -0.39 is 20.3 Å². The van der Waals surface area contributed by atoms with Gasteiger partial charge in [0.2, 0.25) is 6.29 Å². The van der Waals surface area contributed by atoms with Crippen LogP contribution in [-0.4, -0.2) is 20.2 Å². The normalized spacial score (nSPS) is 12.6. The van der Waals surface area contributed by atoms with Gasteiger partial charge in [0.05, 0.1) is 0 Å². The molecule has 0 saturated carbocycles. The molecule has 0 rings (SSSR count). The van der Waals surface area contributed by atoms with E-state index in [0.29, 0.717) is 6.29 Å². The third-order valence-corrected chi connectivity index (χ3v) is 2.08. The Hall–Kier alpha value is -0.850. The van der Waals surface area contributed by atoms with Crippen molar-refractivity contribution < 1.29 is 26.4 Å². The standard InChI is InChI=1S/C4H2F3O3S/c1-3(2-8)11(9,10)4(5,6)7/h1H2. The number of allylic oxidation sites excluding steroid dienone is 1. The quantitative estimate of drug-likeness (QED) is 0.593. The second-order valence-electron chi connectivity index (χ2n) is 1.47. The predicted octanol–water partition coefficient (Wildman–Crippen LogP) is 0.544. The van der Waals surface area contributed by atoms with Gasteiger partial charge in [-0.25, -0.2) is 8.42 Å². The summed E-state index contributed by atoms with van der Waals surface area (Å²) in [5, 5.41) is 0. The van der Waals surface area contributed by atoms with Crippen molar-refractivity contribution in [3.05, 3.63) is 11.5 Å². The van der Waals surface area contributed by atoms with E-state index in [1.807, 2.05) is 0 Å². The van der Waals surface area contributed by atoms with Crippen LogP contribution in [0.5, 0.6) is 0 Å². The summed E-state index contributed by atoms with van der Waals surface area (Å²) in [6, 6.07) is 0. The molecule has 0 N–H and O–H groups in total. The van der Waals surface area contributed by atoms with Crippen molar-refractivity contribution in [2.24, 2.45) is 0 Å². The fourth-order valence-corrected chi connectivity index (χ4v) is 0.584. The first-order chi connectivity index (χ1) is 4.73. The predicted molar refractivity (Wildman–Crippen MR) is 29.8 cm³/mol. The van der Waals surface area contributed by atoms with Crippen LogP contribution in [0.2, 0.25) is 0 Å². The average molecular weight is 187 g/mol. The highest BCUT2D eigenvalue weighted by Crippen LogP contribution is 2.27. The molecule has 0 aliphatic heterocycles. The zero-order valence-electron chi connectivity index (χ0n) is 4.97. The summed E-state index contributed by atoms with van der Waals surface area (Å²) in [5.74, 6) is 0. The van der Waals surface area contributed by atoms with E-state index in [2.05, 4.69) is 6.58 Å². The molecule has 11 heavy (non-hydrogen) atoms. The smallest absolute Gasteiger partial charge is 0.284 e. The van der Waals surface area contributed by atoms with Crippen LogP contribution < -0.4 is 0 Å². The first kappa shape index (κ1) is 10.2. The number of carbonyl (C=O) groups excluding carboxylic acids is 1. The lowest BCUT2D eigenvalue weighted by molar-refractivity contribution is -0.0425. The minimum atomic E-state index is -5.54. The van der Waals surface area contributed by atoms with Crippen molar-refractivity contribution in [3.63, 3.8) is 0 Å². The third kappa shape index (κ3) is 1.79. The lowest BCUT2D eigenvalue weighted by Gasteiger charge is -2.04. The van der Waals surface area contributed by atoms with Crippen LogP contribution in [0.25, 0.3) is 0 Å². The van der Waals surface area contributed by atoms with Crippen molar-refractivity contribution >= 4 is 16.1 Å². The molecule has 3 nitrogen and oxygen atoms in total. The topological polar surface area (TPSA) is 51.2 Å². The Bertz CT molecular complexity index is 273. The molecule has 0 amide bonds. The van der Waals surface area contributed by atoms with E-state index in [0.717, 1.165) is 0 Å². The molecule has 0 fully saturated rings. The number of alkyl halides is 3. The van der Waals surface area contributed by atoms with Crippen molar-refractivity contribution in [2.75, 3.05) is 0 Å². The summed E-state index contributed by atoms with van der Waals surface area (Å²) >= 11 is 0. The molecule has 63 valence electrons. The molecule has 0 bridgehead atoms. The fourth-order valence-electron chi connectivity index (χ4n) is 0.195. The summed E-state index contributed by atoms with van der Waals surface area (Å²) in [5.41, 5.74) is -5.47. The van der Waals surface area contributed by atoms with Crippen molar-refractivity contribution in [3.8, 4) is 0 Å². The molecule has 0 atom stereocenters. The van der Waals surface area contributed by atoms with Gasteiger partial charge in [-0.1, -0.05) is 6.58 Å². The number of hydrogen-bond acceptors (Lipinski definition) is 3. The minimum absolute atomic E-state index is 0.559. The Morgan fingerprint density at radius 3 is 1.82 bits per heavy atom. The summed E-state index contributed by atoms with van der Waals surface area (Å²) in [4.78, 5) is 7.89. The van der Waals surface area contributed by atoms with Crippen molar-refractivity contribution in [1.29, 1.82) is 0 Å². The van der Waals surface area contributed by atoms with Gasteiger partial charge in [-0.05, 0) is 0 Å². The number of hydrogen-bond donors (Lipinski definition) is 0. The van der Waals surface area contributed by atoms with E-state index >= 15 is 0 Å². The maximum atomic E-state index is 11.4. The van der Waals surface area contributed by atoms with Gasteiger partial charge in [0, 0.05) is 0 Å². The van der Waals surface area contributed by atoms with Crippen LogP contribution in [0.15, 0.2) is 11.5 Å². The molecule has 0 aliphatic rings. The van der Waals surface area contributed by atoms with Crippen LogP contribution in [0, 0.1) is 0 Å². The van der Waals surface area contributed by atoms with E-state index in [1.54, 1.807) is 0 Å². The van der Waals surface area contributed by atoms with Crippen molar-refractivity contribution in [2.45, 2.75) is 5.51 Å². The van der Waals surface area contributed by atoms with Crippen LogP contribution in [0.3, 0.4) is 0 Å². The highest BCUT2D eigenvalue weighted by atomic mass is 32.2. The number of rotatable bonds is 2. The van der Waals surface area contributed by atoms with Crippen LogP contribution in [0.1, 0.15) is 0 Å². The second-order valence-corrected chi connectivity index (χ2v) is 3.44. The van der Waals surface area contributed by atoms with Gasteiger partial charge in [-0.3, -0.25) is 4.79 Å². The van der Waals surface area contributed by atoms with E-state index in [-0.39, 0.29) is 0 Å². The molecule has 0 aliphatic carbocycles. The molecular weight excluding hydrogens is 185 g/mol. The van der Waals surface area contributed by atoms with Gasteiger partial charge in [-0.2, -0.15) is 13.2 Å². The molecular formula is C4H2F3O3S. The number of sulfone groups is 1. The molecule has 0 spiro atoms. The Balaban J connectivity index is 5.08. The fraction of sp³-hybridized carbons (Fsp3) is 0.250. The van der Waals surface area contributed by atoms with E-state index in [4.69, 9.17) is 0 Å². The largest absolute Gasteiger partial charge is 0.502 e. The molecule has 0 aromatic heterocycles. The Kier molecular flexibility index (Phi) is 2.44. The molecule has 0 aromatic carbocycles. The average Bonchev–Trinajstić information content (AvgIpc) is 1.83. The lowest BCUT2D eigenvalue weighted by Crippen LogP contribution is -2.24. The Labute approximate surface area is 60.4 Å².